The van der Waals surface area contributed by atoms with Gasteiger partial charge in [0.2, 0.25) is 11.7 Å². The lowest BCUT2D eigenvalue weighted by atomic mass is 10.2. The van der Waals surface area contributed by atoms with Gasteiger partial charge in [-0.15, -0.1) is 0 Å². The number of amides is 1. The number of aromatic nitrogens is 3. The number of Topliss-reactive ketones (excluding diaryl/α,β-unsaturated/α-hetero) is 1. The van der Waals surface area contributed by atoms with E-state index in [1.54, 1.807) is 31.0 Å². The lowest BCUT2D eigenvalue weighted by molar-refractivity contribution is -0.116. The number of anilines is 2. The quantitative estimate of drug-likeness (QED) is 0.758. The molecule has 1 aliphatic rings. The number of imidazole rings is 1. The molecule has 134 valence electrons. The smallest absolute Gasteiger partial charge is 0.302 e. The lowest BCUT2D eigenvalue weighted by Crippen LogP contribution is -2.29. The zero-order chi connectivity index (χ0) is 18.6. The van der Waals surface area contributed by atoms with Crippen LogP contribution in [0.3, 0.4) is 0 Å². The number of likely N-dealkylation sites (N-methyl/N-ethyl adjacent to an activating group) is 1. The fourth-order valence-electron chi connectivity index (χ4n) is 2.98. The summed E-state index contributed by atoms with van der Waals surface area (Å²) in [6.07, 6.45) is 1.49. The van der Waals surface area contributed by atoms with E-state index in [-0.39, 0.29) is 30.3 Å². The van der Waals surface area contributed by atoms with E-state index < -0.39 is 0 Å². The number of hydrogen-bond donors (Lipinski definition) is 1. The van der Waals surface area contributed by atoms with E-state index >= 15 is 0 Å². The zero-order valence-electron chi connectivity index (χ0n) is 14.4. The van der Waals surface area contributed by atoms with Crippen molar-refractivity contribution in [2.45, 2.75) is 26.4 Å². The van der Waals surface area contributed by atoms with Crippen LogP contribution in [0.5, 0.6) is 0 Å². The number of benzene rings is 1. The van der Waals surface area contributed by atoms with Crippen molar-refractivity contribution in [3.8, 4) is 0 Å². The van der Waals surface area contributed by atoms with Gasteiger partial charge in [0.1, 0.15) is 17.8 Å². The van der Waals surface area contributed by atoms with E-state index in [9.17, 15) is 9.59 Å². The number of oxazole rings is 1. The Morgan fingerprint density at radius 1 is 1.42 bits per heavy atom. The molecule has 9 heteroatoms. The lowest BCUT2D eigenvalue weighted by Gasteiger charge is -2.14. The SMILES string of the molecule is Cc1cc2nc(NC(=O)Cn3cnc4c3C(=O)C(C)N4C)oc2cc1Cl. The van der Waals surface area contributed by atoms with Gasteiger partial charge in [-0.3, -0.25) is 14.9 Å². The van der Waals surface area contributed by atoms with Crippen molar-refractivity contribution in [2.75, 3.05) is 17.3 Å². The zero-order valence-corrected chi connectivity index (χ0v) is 15.2. The molecule has 1 aliphatic heterocycles. The first-order valence-corrected chi connectivity index (χ1v) is 8.41. The van der Waals surface area contributed by atoms with Crippen LogP contribution in [-0.4, -0.2) is 39.3 Å². The Balaban J connectivity index is 1.54. The number of fused-ring (bicyclic) bond motifs is 2. The molecule has 3 aromatic rings. The predicted molar refractivity (Wildman–Crippen MR) is 96.8 cm³/mol. The average Bonchev–Trinajstić information content (AvgIpc) is 3.21. The van der Waals surface area contributed by atoms with Crippen LogP contribution in [0.25, 0.3) is 11.1 Å². The number of carbonyl (C=O) groups excluding carboxylic acids is 2. The highest BCUT2D eigenvalue weighted by Crippen LogP contribution is 2.29. The Hall–Kier alpha value is -2.87. The summed E-state index contributed by atoms with van der Waals surface area (Å²) < 4.78 is 7.05. The minimum atomic E-state index is -0.366. The predicted octanol–water partition coefficient (Wildman–Crippen LogP) is 2.65. The molecule has 3 heterocycles. The Morgan fingerprint density at radius 3 is 2.96 bits per heavy atom. The van der Waals surface area contributed by atoms with Gasteiger partial charge in [-0.2, -0.15) is 4.98 Å². The van der Waals surface area contributed by atoms with Gasteiger partial charge in [0, 0.05) is 18.1 Å². The highest BCUT2D eigenvalue weighted by Gasteiger charge is 2.36. The van der Waals surface area contributed by atoms with Crippen LogP contribution in [0.1, 0.15) is 23.0 Å². The van der Waals surface area contributed by atoms with Crippen molar-refractivity contribution in [1.29, 1.82) is 0 Å². The van der Waals surface area contributed by atoms with Gasteiger partial charge < -0.3 is 13.9 Å². The molecule has 1 unspecified atom stereocenters. The summed E-state index contributed by atoms with van der Waals surface area (Å²) in [5.41, 5.74) is 2.41. The number of nitrogens with zero attached hydrogens (tertiary/aromatic N) is 4. The Morgan fingerprint density at radius 2 is 2.19 bits per heavy atom. The minimum Gasteiger partial charge on any atom is -0.423 e. The molecule has 1 amide bonds. The number of nitrogens with one attached hydrogen (secondary N) is 1. The van der Waals surface area contributed by atoms with Crippen molar-refractivity contribution < 1.29 is 14.0 Å². The molecule has 0 fully saturated rings. The van der Waals surface area contributed by atoms with Crippen LogP contribution in [0.4, 0.5) is 11.8 Å². The summed E-state index contributed by atoms with van der Waals surface area (Å²) in [4.78, 5) is 34.9. The van der Waals surface area contributed by atoms with Crippen LogP contribution in [-0.2, 0) is 11.3 Å². The molecule has 0 radical (unpaired) electrons. The number of ketones is 1. The van der Waals surface area contributed by atoms with Crippen molar-refractivity contribution in [3.63, 3.8) is 0 Å². The van der Waals surface area contributed by atoms with Gasteiger partial charge >= 0.3 is 6.01 Å². The van der Waals surface area contributed by atoms with E-state index in [1.165, 1.54) is 10.9 Å². The van der Waals surface area contributed by atoms with E-state index in [0.717, 1.165) is 5.56 Å². The topological polar surface area (TPSA) is 93.3 Å². The third kappa shape index (κ3) is 2.53. The molecule has 0 saturated carbocycles. The van der Waals surface area contributed by atoms with Crippen LogP contribution in [0, 0.1) is 6.92 Å². The van der Waals surface area contributed by atoms with Crippen LogP contribution >= 0.6 is 11.6 Å². The van der Waals surface area contributed by atoms with E-state index in [2.05, 4.69) is 15.3 Å². The number of rotatable bonds is 3. The van der Waals surface area contributed by atoms with Crippen molar-refractivity contribution in [3.05, 3.63) is 34.7 Å². The minimum absolute atomic E-state index is 0.0558. The van der Waals surface area contributed by atoms with Gasteiger partial charge in [-0.05, 0) is 25.5 Å². The second kappa shape index (κ2) is 5.84. The Bertz CT molecular complexity index is 1020. The molecule has 1 aromatic carbocycles. The van der Waals surface area contributed by atoms with Gasteiger partial charge in [0.25, 0.3) is 0 Å². The summed E-state index contributed by atoms with van der Waals surface area (Å²) in [6.45, 7) is 3.61. The van der Waals surface area contributed by atoms with E-state index in [1.807, 2.05) is 6.92 Å². The van der Waals surface area contributed by atoms with E-state index in [4.69, 9.17) is 16.0 Å². The third-order valence-electron chi connectivity index (χ3n) is 4.58. The number of carbonyl (C=O) groups is 2. The largest absolute Gasteiger partial charge is 0.423 e. The summed E-state index contributed by atoms with van der Waals surface area (Å²) in [6, 6.07) is 3.25. The molecule has 0 aliphatic carbocycles. The summed E-state index contributed by atoms with van der Waals surface area (Å²) in [5, 5.41) is 3.17. The fraction of sp³-hybridized carbons (Fsp3) is 0.294. The van der Waals surface area contributed by atoms with Crippen molar-refractivity contribution in [1.82, 2.24) is 14.5 Å². The number of aryl methyl sites for hydroxylation is 1. The molecule has 0 spiro atoms. The summed E-state index contributed by atoms with van der Waals surface area (Å²) in [7, 11) is 1.80. The monoisotopic (exact) mass is 373 g/mol. The highest BCUT2D eigenvalue weighted by atomic mass is 35.5. The molecule has 26 heavy (non-hydrogen) atoms. The first-order chi connectivity index (χ1) is 12.3. The number of halogens is 1. The van der Waals surface area contributed by atoms with Gasteiger partial charge in [0.05, 0.1) is 12.4 Å². The van der Waals surface area contributed by atoms with Crippen molar-refractivity contribution >= 4 is 46.2 Å². The first kappa shape index (κ1) is 16.6. The van der Waals surface area contributed by atoms with Gasteiger partial charge in [0.15, 0.2) is 11.4 Å². The standard InChI is InChI=1S/C17H16ClN5O3/c1-8-4-11-12(5-10(8)18)26-17(20-11)21-13(24)6-23-7-19-16-14(23)15(25)9(2)22(16)3/h4-5,7,9H,6H2,1-3H3,(H,20,21,24). The maximum Gasteiger partial charge on any atom is 0.302 e. The molecule has 2 aromatic heterocycles. The van der Waals surface area contributed by atoms with Crippen molar-refractivity contribution in [2.24, 2.45) is 0 Å². The average molecular weight is 374 g/mol. The maximum atomic E-state index is 12.3. The summed E-state index contributed by atoms with van der Waals surface area (Å²) in [5.74, 6) is 0.164. The highest BCUT2D eigenvalue weighted by molar-refractivity contribution is 6.32. The third-order valence-corrected chi connectivity index (χ3v) is 4.98. The van der Waals surface area contributed by atoms with Crippen LogP contribution < -0.4 is 10.2 Å². The van der Waals surface area contributed by atoms with Gasteiger partial charge in [-0.25, -0.2) is 4.98 Å². The Labute approximate surface area is 153 Å². The Kier molecular flexibility index (Phi) is 3.73. The molecule has 0 bridgehead atoms. The molecular weight excluding hydrogens is 358 g/mol. The van der Waals surface area contributed by atoms with Crippen LogP contribution in [0.2, 0.25) is 5.02 Å². The molecule has 1 N–H and O–H groups in total. The maximum absolute atomic E-state index is 12.3. The molecule has 1 atom stereocenters. The molecule has 8 nitrogen and oxygen atoms in total. The second-order valence-electron chi connectivity index (χ2n) is 6.33. The van der Waals surface area contributed by atoms with Crippen LogP contribution in [0.15, 0.2) is 22.9 Å². The van der Waals surface area contributed by atoms with Gasteiger partial charge in [-0.1, -0.05) is 11.6 Å². The fourth-order valence-corrected chi connectivity index (χ4v) is 3.13. The molecule has 4 rings (SSSR count). The number of hydrogen-bond acceptors (Lipinski definition) is 6. The first-order valence-electron chi connectivity index (χ1n) is 8.04. The molecular formula is C17H16ClN5O3. The summed E-state index contributed by atoms with van der Waals surface area (Å²) >= 11 is 6.07. The van der Waals surface area contributed by atoms with E-state index in [0.29, 0.717) is 27.6 Å². The second-order valence-corrected chi connectivity index (χ2v) is 6.74. The molecule has 0 saturated heterocycles. The normalized spacial score (nSPS) is 16.4.